The van der Waals surface area contributed by atoms with Crippen molar-refractivity contribution in [3.63, 3.8) is 0 Å². The topological polar surface area (TPSA) is 135 Å². The van der Waals surface area contributed by atoms with E-state index in [1.165, 1.54) is 30.3 Å². The van der Waals surface area contributed by atoms with Crippen molar-refractivity contribution in [1.82, 2.24) is 5.32 Å². The molecular weight excluding hydrogens is 550 g/mol. The van der Waals surface area contributed by atoms with Gasteiger partial charge in [-0.25, -0.2) is 4.79 Å². The smallest absolute Gasteiger partial charge is 0.336 e. The third kappa shape index (κ3) is 7.85. The summed E-state index contributed by atoms with van der Waals surface area (Å²) in [6, 6.07) is 13.2. The van der Waals surface area contributed by atoms with Crippen LogP contribution in [0, 0.1) is 0 Å². The van der Waals surface area contributed by atoms with E-state index >= 15 is 0 Å². The minimum atomic E-state index is -1.22. The zero-order chi connectivity index (χ0) is 29.2. The fourth-order valence-electron chi connectivity index (χ4n) is 4.54. The summed E-state index contributed by atoms with van der Waals surface area (Å²) in [5.41, 5.74) is 1.46. The molecule has 1 heterocycles. The molecule has 9 nitrogen and oxygen atoms in total. The Morgan fingerprint density at radius 1 is 0.854 bits per heavy atom. The molecule has 0 spiro atoms. The Bertz CT molecular complexity index is 1530. The first kappa shape index (κ1) is 30.0. The number of halogens is 1. The van der Waals surface area contributed by atoms with E-state index in [4.69, 9.17) is 25.5 Å². The van der Waals surface area contributed by atoms with Crippen LogP contribution in [0.4, 0.5) is 0 Å². The predicted molar refractivity (Wildman–Crippen MR) is 156 cm³/mol. The summed E-state index contributed by atoms with van der Waals surface area (Å²) in [4.78, 5) is 37.1. The van der Waals surface area contributed by atoms with Gasteiger partial charge in [0.25, 0.3) is 5.91 Å². The molecular formula is C31H32ClNO8. The Hall–Kier alpha value is -3.92. The van der Waals surface area contributed by atoms with Gasteiger partial charge in [-0.15, -0.1) is 11.6 Å². The van der Waals surface area contributed by atoms with Crippen molar-refractivity contribution in [2.45, 2.75) is 25.7 Å². The molecule has 0 bridgehead atoms. The highest BCUT2D eigenvalue weighted by atomic mass is 35.5. The number of carboxylic acid groups (broad SMARTS) is 1. The molecule has 2 aliphatic rings. The molecule has 0 radical (unpaired) electrons. The van der Waals surface area contributed by atoms with Gasteiger partial charge in [0.1, 0.15) is 17.1 Å². The van der Waals surface area contributed by atoms with Gasteiger partial charge in [0, 0.05) is 53.2 Å². The standard InChI is InChI=1S/C31H32ClNO8/c32-11-3-1-2-4-13-39-15-16-40-14-12-33-30(36)20-5-8-23(26(17-20)31(37)38)29-24-9-6-21(34)18-27(24)41-28-19-22(35)7-10-25(28)29/h5-10,17-19,34H,1-4,11-16H2,(H,33,36)(H,37,38). The van der Waals surface area contributed by atoms with Crippen LogP contribution in [-0.2, 0) is 9.47 Å². The molecule has 1 aliphatic carbocycles. The number of phenols is 1. The summed E-state index contributed by atoms with van der Waals surface area (Å²) in [7, 11) is 0. The average molecular weight is 582 g/mol. The molecule has 0 unspecified atom stereocenters. The van der Waals surface area contributed by atoms with E-state index in [1.807, 2.05) is 0 Å². The number of aromatic hydroxyl groups is 1. The van der Waals surface area contributed by atoms with Gasteiger partial charge in [-0.1, -0.05) is 18.9 Å². The van der Waals surface area contributed by atoms with Gasteiger partial charge in [-0.05, 0) is 54.8 Å². The zero-order valence-electron chi connectivity index (χ0n) is 22.5. The van der Waals surface area contributed by atoms with Gasteiger partial charge in [-0.2, -0.15) is 0 Å². The van der Waals surface area contributed by atoms with Gasteiger partial charge in [0.05, 0.1) is 25.4 Å². The van der Waals surface area contributed by atoms with Crippen LogP contribution >= 0.6 is 11.6 Å². The van der Waals surface area contributed by atoms with Crippen molar-refractivity contribution < 1.29 is 33.7 Å². The number of rotatable bonds is 15. The number of phenolic OH excluding ortho intramolecular Hbond substituents is 1. The van der Waals surface area contributed by atoms with E-state index in [9.17, 15) is 24.6 Å². The van der Waals surface area contributed by atoms with E-state index in [2.05, 4.69) is 5.32 Å². The Kier molecular flexibility index (Phi) is 10.7. The normalized spacial score (nSPS) is 11.2. The summed E-state index contributed by atoms with van der Waals surface area (Å²) < 4.78 is 16.9. The van der Waals surface area contributed by atoms with Crippen LogP contribution in [0.1, 0.15) is 46.4 Å². The van der Waals surface area contributed by atoms with Crippen LogP contribution in [0.15, 0.2) is 63.8 Å². The number of alkyl halides is 1. The lowest BCUT2D eigenvalue weighted by molar-refractivity contribution is 0.0468. The van der Waals surface area contributed by atoms with Crippen molar-refractivity contribution >= 4 is 34.4 Å². The summed E-state index contributed by atoms with van der Waals surface area (Å²) in [5, 5.41) is 23.3. The summed E-state index contributed by atoms with van der Waals surface area (Å²) in [6.07, 6.45) is 4.20. The maximum atomic E-state index is 12.8. The molecule has 1 aliphatic heterocycles. The van der Waals surface area contributed by atoms with Crippen LogP contribution in [0.3, 0.4) is 0 Å². The molecule has 1 amide bonds. The number of ether oxygens (including phenoxy) is 2. The largest absolute Gasteiger partial charge is 0.508 e. The van der Waals surface area contributed by atoms with Crippen molar-refractivity contribution in [3.8, 4) is 28.2 Å². The van der Waals surface area contributed by atoms with Crippen LogP contribution in [0.25, 0.3) is 33.4 Å². The minimum Gasteiger partial charge on any atom is -0.508 e. The number of carbonyl (C=O) groups is 2. The highest BCUT2D eigenvalue weighted by Gasteiger charge is 2.23. The molecule has 2 aromatic rings. The van der Waals surface area contributed by atoms with E-state index < -0.39 is 11.9 Å². The van der Waals surface area contributed by atoms with Crippen molar-refractivity contribution in [2.24, 2.45) is 0 Å². The number of nitrogens with one attached hydrogen (secondary N) is 1. The third-order valence-corrected chi connectivity index (χ3v) is 6.80. The number of carbonyl (C=O) groups excluding carboxylic acids is 1. The van der Waals surface area contributed by atoms with E-state index in [1.54, 1.807) is 24.3 Å². The molecule has 0 atom stereocenters. The number of unbranched alkanes of at least 4 members (excludes halogenated alkanes) is 3. The number of hydrogen-bond donors (Lipinski definition) is 3. The van der Waals surface area contributed by atoms with Crippen molar-refractivity contribution in [1.29, 1.82) is 0 Å². The average Bonchev–Trinajstić information content (AvgIpc) is 2.96. The first-order chi connectivity index (χ1) is 19.9. The molecule has 4 rings (SSSR count). The minimum absolute atomic E-state index is 0.0411. The molecule has 216 valence electrons. The maximum Gasteiger partial charge on any atom is 0.336 e. The molecule has 0 saturated heterocycles. The lowest BCUT2D eigenvalue weighted by atomic mass is 9.90. The van der Waals surface area contributed by atoms with E-state index in [-0.39, 0.29) is 46.8 Å². The Morgan fingerprint density at radius 2 is 1.61 bits per heavy atom. The second kappa shape index (κ2) is 14.6. The van der Waals surface area contributed by atoms with Crippen LogP contribution in [0.5, 0.6) is 5.75 Å². The van der Waals surface area contributed by atoms with Crippen molar-refractivity contribution in [2.75, 3.05) is 38.9 Å². The predicted octanol–water partition coefficient (Wildman–Crippen LogP) is 5.53. The monoisotopic (exact) mass is 581 g/mol. The number of aromatic carboxylic acids is 1. The van der Waals surface area contributed by atoms with Gasteiger partial charge in [-0.3, -0.25) is 9.59 Å². The summed E-state index contributed by atoms with van der Waals surface area (Å²) >= 11 is 5.66. The highest BCUT2D eigenvalue weighted by molar-refractivity contribution is 6.17. The first-order valence-corrected chi connectivity index (χ1v) is 14.0. The molecule has 3 N–H and O–H groups in total. The van der Waals surface area contributed by atoms with Crippen LogP contribution in [-0.4, -0.2) is 60.9 Å². The highest BCUT2D eigenvalue weighted by Crippen LogP contribution is 2.42. The number of amides is 1. The fraction of sp³-hybridized carbons (Fsp3) is 0.323. The van der Waals surface area contributed by atoms with Crippen molar-refractivity contribution in [3.05, 3.63) is 75.9 Å². The number of benzene rings is 3. The molecule has 0 saturated carbocycles. The van der Waals surface area contributed by atoms with Gasteiger partial charge >= 0.3 is 5.97 Å². The van der Waals surface area contributed by atoms with Gasteiger partial charge < -0.3 is 29.4 Å². The molecule has 10 heteroatoms. The Labute approximate surface area is 242 Å². The van der Waals surface area contributed by atoms with Gasteiger partial charge in [0.2, 0.25) is 0 Å². The second-order valence-electron chi connectivity index (χ2n) is 9.46. The first-order valence-electron chi connectivity index (χ1n) is 13.5. The molecule has 0 fully saturated rings. The van der Waals surface area contributed by atoms with Gasteiger partial charge in [0.15, 0.2) is 5.43 Å². The Balaban J connectivity index is 1.43. The quantitative estimate of drug-likeness (QED) is 0.0947. The van der Waals surface area contributed by atoms with E-state index in [0.29, 0.717) is 47.8 Å². The molecule has 41 heavy (non-hydrogen) atoms. The number of hydrogen-bond acceptors (Lipinski definition) is 7. The fourth-order valence-corrected chi connectivity index (χ4v) is 4.73. The lowest BCUT2D eigenvalue weighted by Crippen LogP contribution is -2.28. The molecule has 2 aromatic carbocycles. The van der Waals surface area contributed by atoms with E-state index in [0.717, 1.165) is 25.7 Å². The summed E-state index contributed by atoms with van der Waals surface area (Å²) in [6.45, 7) is 2.09. The Morgan fingerprint density at radius 3 is 2.39 bits per heavy atom. The SMILES string of the molecule is O=C(NCCOCCOCCCCCCCl)c1ccc(-c2c3ccc(=O)cc-3oc3cc(O)ccc23)c(C(=O)O)c1. The van der Waals surface area contributed by atoms with Crippen LogP contribution < -0.4 is 10.7 Å². The number of carboxylic acids is 1. The number of fused-ring (bicyclic) bond motifs is 2. The van der Waals surface area contributed by atoms with Crippen LogP contribution in [0.2, 0.25) is 0 Å². The second-order valence-corrected chi connectivity index (χ2v) is 9.84. The summed E-state index contributed by atoms with van der Waals surface area (Å²) in [5.74, 6) is -0.765. The molecule has 0 aromatic heterocycles. The third-order valence-electron chi connectivity index (χ3n) is 6.53. The lowest BCUT2D eigenvalue weighted by Gasteiger charge is -2.17. The zero-order valence-corrected chi connectivity index (χ0v) is 23.2. The maximum absolute atomic E-state index is 12.8.